The van der Waals surface area contributed by atoms with Crippen molar-refractivity contribution in [3.63, 3.8) is 0 Å². The lowest BCUT2D eigenvalue weighted by atomic mass is 10.2. The van der Waals surface area contributed by atoms with Gasteiger partial charge in [0, 0.05) is 42.0 Å². The van der Waals surface area contributed by atoms with Gasteiger partial charge in [-0.3, -0.25) is 0 Å². The van der Waals surface area contributed by atoms with Crippen LogP contribution in [0.5, 0.6) is 0 Å². The third-order valence-electron chi connectivity index (χ3n) is 4.01. The van der Waals surface area contributed by atoms with E-state index in [9.17, 15) is 8.42 Å². The monoisotopic (exact) mass is 331 g/mol. The van der Waals surface area contributed by atoms with Gasteiger partial charge in [-0.1, -0.05) is 6.92 Å². The van der Waals surface area contributed by atoms with Crippen LogP contribution in [-0.4, -0.2) is 56.9 Å². The summed E-state index contributed by atoms with van der Waals surface area (Å²) < 4.78 is 27.3. The average molecular weight is 332 g/mol. The zero-order valence-electron chi connectivity index (χ0n) is 13.2. The van der Waals surface area contributed by atoms with E-state index in [4.69, 9.17) is 0 Å². The summed E-state index contributed by atoms with van der Waals surface area (Å²) in [5, 5.41) is 3.24. The summed E-state index contributed by atoms with van der Waals surface area (Å²) >= 11 is 1.57. The van der Waals surface area contributed by atoms with E-state index in [-0.39, 0.29) is 6.04 Å². The molecule has 1 fully saturated rings. The molecule has 2 heterocycles. The maximum Gasteiger partial charge on any atom is 0.244 e. The molecule has 1 aliphatic heterocycles. The van der Waals surface area contributed by atoms with E-state index in [1.165, 1.54) is 0 Å². The van der Waals surface area contributed by atoms with E-state index in [0.717, 1.165) is 29.4 Å². The largest absolute Gasteiger partial charge is 0.312 e. The van der Waals surface area contributed by atoms with Crippen LogP contribution >= 0.6 is 11.3 Å². The van der Waals surface area contributed by atoms with Crippen LogP contribution in [0.3, 0.4) is 0 Å². The van der Waals surface area contributed by atoms with Crippen molar-refractivity contribution in [2.24, 2.45) is 0 Å². The number of likely N-dealkylation sites (N-methyl/N-ethyl adjacent to an activating group) is 1. The van der Waals surface area contributed by atoms with Gasteiger partial charge in [-0.05, 0) is 33.5 Å². The molecule has 0 saturated carbocycles. The standard InChI is InChI=1S/C14H25N3O2S2/c1-5-15-9-13-8-14(12(3)20-13)21(18,19)17-7-6-16(4)11(2)10-17/h8,11,15H,5-7,9-10H2,1-4H3. The third-order valence-corrected chi connectivity index (χ3v) is 7.18. The van der Waals surface area contributed by atoms with Crippen LogP contribution in [0, 0.1) is 6.92 Å². The molecule has 1 atom stereocenters. The Morgan fingerprint density at radius 1 is 1.43 bits per heavy atom. The van der Waals surface area contributed by atoms with Crippen molar-refractivity contribution in [2.45, 2.75) is 38.3 Å². The van der Waals surface area contributed by atoms with E-state index >= 15 is 0 Å². The first-order valence-electron chi connectivity index (χ1n) is 7.36. The zero-order valence-corrected chi connectivity index (χ0v) is 14.9. The maximum atomic E-state index is 12.8. The van der Waals surface area contributed by atoms with Gasteiger partial charge in [0.1, 0.15) is 0 Å². The number of thiophene rings is 1. The quantitative estimate of drug-likeness (QED) is 0.888. The minimum absolute atomic E-state index is 0.258. The first-order valence-corrected chi connectivity index (χ1v) is 9.62. The molecule has 1 N–H and O–H groups in total. The van der Waals surface area contributed by atoms with Crippen molar-refractivity contribution >= 4 is 21.4 Å². The van der Waals surface area contributed by atoms with E-state index in [1.54, 1.807) is 15.6 Å². The number of hydrogen-bond acceptors (Lipinski definition) is 5. The lowest BCUT2D eigenvalue weighted by Crippen LogP contribution is -2.51. The molecule has 0 aliphatic carbocycles. The molecule has 2 rings (SSSR count). The lowest BCUT2D eigenvalue weighted by molar-refractivity contribution is 0.159. The van der Waals surface area contributed by atoms with Gasteiger partial charge in [-0.25, -0.2) is 8.42 Å². The highest BCUT2D eigenvalue weighted by molar-refractivity contribution is 7.89. The summed E-state index contributed by atoms with van der Waals surface area (Å²) in [6.45, 7) is 9.55. The predicted octanol–water partition coefficient (Wildman–Crippen LogP) is 1.49. The van der Waals surface area contributed by atoms with Gasteiger partial charge in [-0.2, -0.15) is 4.31 Å². The Kier molecular flexibility index (Phi) is 5.43. The number of rotatable bonds is 5. The second-order valence-corrected chi connectivity index (χ2v) is 8.85. The maximum absolute atomic E-state index is 12.8. The number of hydrogen-bond donors (Lipinski definition) is 1. The van der Waals surface area contributed by atoms with Crippen LogP contribution in [0.2, 0.25) is 0 Å². The fourth-order valence-electron chi connectivity index (χ4n) is 2.49. The highest BCUT2D eigenvalue weighted by atomic mass is 32.2. The van der Waals surface area contributed by atoms with Crippen LogP contribution in [0.25, 0.3) is 0 Å². The van der Waals surface area contributed by atoms with Gasteiger partial charge in [0.2, 0.25) is 10.0 Å². The Balaban J connectivity index is 2.21. The fraction of sp³-hybridized carbons (Fsp3) is 0.714. The molecular weight excluding hydrogens is 306 g/mol. The van der Waals surface area contributed by atoms with Crippen molar-refractivity contribution < 1.29 is 8.42 Å². The molecule has 0 radical (unpaired) electrons. The lowest BCUT2D eigenvalue weighted by Gasteiger charge is -2.36. The summed E-state index contributed by atoms with van der Waals surface area (Å²) in [4.78, 5) is 4.64. The molecule has 1 aromatic rings. The van der Waals surface area contributed by atoms with Crippen molar-refractivity contribution in [1.82, 2.24) is 14.5 Å². The average Bonchev–Trinajstić information content (AvgIpc) is 2.81. The number of sulfonamides is 1. The Hall–Kier alpha value is -0.470. The summed E-state index contributed by atoms with van der Waals surface area (Å²) in [6, 6.07) is 2.09. The third kappa shape index (κ3) is 3.65. The van der Waals surface area contributed by atoms with Crippen LogP contribution in [0.4, 0.5) is 0 Å². The highest BCUT2D eigenvalue weighted by Crippen LogP contribution is 2.29. The van der Waals surface area contributed by atoms with E-state index in [1.807, 2.05) is 27.0 Å². The zero-order chi connectivity index (χ0) is 15.6. The summed E-state index contributed by atoms with van der Waals surface area (Å²) in [5.74, 6) is 0. The number of aryl methyl sites for hydroxylation is 1. The number of nitrogens with one attached hydrogen (secondary N) is 1. The summed E-state index contributed by atoms with van der Waals surface area (Å²) in [6.07, 6.45) is 0. The summed E-state index contributed by atoms with van der Waals surface area (Å²) in [7, 11) is -1.32. The first kappa shape index (κ1) is 16.9. The fourth-order valence-corrected chi connectivity index (χ4v) is 5.57. The Labute approximate surface area is 132 Å². The topological polar surface area (TPSA) is 52.7 Å². The number of piperazine rings is 1. The molecule has 0 amide bonds. The Morgan fingerprint density at radius 2 is 2.14 bits per heavy atom. The molecule has 0 spiro atoms. The SMILES string of the molecule is CCNCc1cc(S(=O)(=O)N2CCN(C)C(C)C2)c(C)s1. The molecule has 21 heavy (non-hydrogen) atoms. The molecule has 120 valence electrons. The van der Waals surface area contributed by atoms with Crippen LogP contribution < -0.4 is 5.32 Å². The van der Waals surface area contributed by atoms with Gasteiger partial charge < -0.3 is 10.2 Å². The second-order valence-electron chi connectivity index (χ2n) is 5.61. The molecule has 0 aromatic carbocycles. The summed E-state index contributed by atoms with van der Waals surface area (Å²) in [5.41, 5.74) is 0. The molecular formula is C14H25N3O2S2. The predicted molar refractivity (Wildman–Crippen MR) is 87.3 cm³/mol. The second kappa shape index (κ2) is 6.75. The molecule has 7 heteroatoms. The Morgan fingerprint density at radius 3 is 2.76 bits per heavy atom. The minimum Gasteiger partial charge on any atom is -0.312 e. The molecule has 1 aromatic heterocycles. The van der Waals surface area contributed by atoms with Crippen molar-refractivity contribution in [1.29, 1.82) is 0 Å². The molecule has 1 unspecified atom stereocenters. The van der Waals surface area contributed by atoms with E-state index < -0.39 is 10.0 Å². The number of nitrogens with zero attached hydrogens (tertiary/aromatic N) is 2. The molecule has 0 bridgehead atoms. The van der Waals surface area contributed by atoms with Gasteiger partial charge in [0.05, 0.1) is 4.90 Å². The van der Waals surface area contributed by atoms with Gasteiger partial charge in [0.25, 0.3) is 0 Å². The van der Waals surface area contributed by atoms with Crippen LogP contribution in [0.15, 0.2) is 11.0 Å². The van der Waals surface area contributed by atoms with Crippen molar-refractivity contribution in [3.05, 3.63) is 15.8 Å². The van der Waals surface area contributed by atoms with Gasteiger partial charge in [-0.15, -0.1) is 11.3 Å². The smallest absolute Gasteiger partial charge is 0.244 e. The molecule has 1 aliphatic rings. The minimum atomic E-state index is -3.36. The molecule has 5 nitrogen and oxygen atoms in total. The van der Waals surface area contributed by atoms with E-state index in [0.29, 0.717) is 18.0 Å². The normalized spacial score (nSPS) is 21.8. The molecule has 1 saturated heterocycles. The van der Waals surface area contributed by atoms with Crippen LogP contribution in [0.1, 0.15) is 23.6 Å². The van der Waals surface area contributed by atoms with Gasteiger partial charge >= 0.3 is 0 Å². The van der Waals surface area contributed by atoms with Crippen molar-refractivity contribution in [3.8, 4) is 0 Å². The highest BCUT2D eigenvalue weighted by Gasteiger charge is 2.32. The van der Waals surface area contributed by atoms with Gasteiger partial charge in [0.15, 0.2) is 0 Å². The van der Waals surface area contributed by atoms with Crippen LogP contribution in [-0.2, 0) is 16.6 Å². The first-order chi connectivity index (χ1) is 9.86. The Bertz CT molecular complexity index is 583. The van der Waals surface area contributed by atoms with Crippen molar-refractivity contribution in [2.75, 3.05) is 33.2 Å². The van der Waals surface area contributed by atoms with E-state index in [2.05, 4.69) is 17.1 Å².